The molecule has 0 N–H and O–H groups in total. The first-order valence-electron chi connectivity index (χ1n) is 12.4. The number of aromatic nitrogens is 2. The summed E-state index contributed by atoms with van der Waals surface area (Å²) in [6.07, 6.45) is -2.62. The molecular weight excluding hydrogens is 511 g/mol. The highest BCUT2D eigenvalue weighted by atomic mass is 19.4. The van der Waals surface area contributed by atoms with Gasteiger partial charge in [0.15, 0.2) is 0 Å². The summed E-state index contributed by atoms with van der Waals surface area (Å²) in [5, 5.41) is 9.05. The van der Waals surface area contributed by atoms with Gasteiger partial charge in [0.1, 0.15) is 11.6 Å². The molecule has 11 heteroatoms. The van der Waals surface area contributed by atoms with Gasteiger partial charge in [-0.2, -0.15) is 5.26 Å². The fraction of sp³-hybridized carbons (Fsp3) is 0.357. The SMILES string of the molecule is Cc1ncc(CN2C(=O)C(=O)N(c3cccc(OC(F)(F)F)c3)C[C@@H]2CC(C)C)n1Cc1ccc(C#N)cc1. The molecule has 1 atom stereocenters. The van der Waals surface area contributed by atoms with Crippen LogP contribution in [0.2, 0.25) is 0 Å². The van der Waals surface area contributed by atoms with E-state index in [0.29, 0.717) is 18.5 Å². The van der Waals surface area contributed by atoms with Crippen LogP contribution in [0.1, 0.15) is 42.9 Å². The van der Waals surface area contributed by atoms with E-state index >= 15 is 0 Å². The van der Waals surface area contributed by atoms with E-state index in [9.17, 15) is 22.8 Å². The van der Waals surface area contributed by atoms with Crippen LogP contribution in [0, 0.1) is 24.2 Å². The molecule has 1 aliphatic rings. The average molecular weight is 540 g/mol. The number of piperazine rings is 1. The molecule has 0 unspecified atom stereocenters. The number of benzene rings is 2. The smallest absolute Gasteiger partial charge is 0.406 e. The topological polar surface area (TPSA) is 91.5 Å². The van der Waals surface area contributed by atoms with E-state index in [4.69, 9.17) is 5.26 Å². The second-order valence-electron chi connectivity index (χ2n) is 9.87. The van der Waals surface area contributed by atoms with Crippen LogP contribution in [0.15, 0.2) is 54.7 Å². The van der Waals surface area contributed by atoms with E-state index in [1.165, 1.54) is 21.9 Å². The number of carbonyl (C=O) groups excluding carboxylic acids is 2. The van der Waals surface area contributed by atoms with Gasteiger partial charge in [-0.1, -0.05) is 32.0 Å². The summed E-state index contributed by atoms with van der Waals surface area (Å²) in [6, 6.07) is 14.0. The molecule has 0 saturated carbocycles. The third kappa shape index (κ3) is 6.57. The molecule has 2 heterocycles. The monoisotopic (exact) mass is 539 g/mol. The van der Waals surface area contributed by atoms with E-state index in [0.717, 1.165) is 29.2 Å². The molecule has 1 fully saturated rings. The number of aryl methyl sites for hydroxylation is 1. The van der Waals surface area contributed by atoms with E-state index in [-0.39, 0.29) is 30.7 Å². The fourth-order valence-electron chi connectivity index (χ4n) is 4.71. The minimum atomic E-state index is -4.88. The zero-order valence-corrected chi connectivity index (χ0v) is 21.8. The molecule has 39 heavy (non-hydrogen) atoms. The van der Waals surface area contributed by atoms with Gasteiger partial charge >= 0.3 is 18.2 Å². The Labute approximate surface area is 224 Å². The van der Waals surface area contributed by atoms with Gasteiger partial charge < -0.3 is 19.1 Å². The second-order valence-corrected chi connectivity index (χ2v) is 9.87. The molecule has 0 aliphatic carbocycles. The van der Waals surface area contributed by atoms with Gasteiger partial charge in [0, 0.05) is 24.8 Å². The molecule has 8 nitrogen and oxygen atoms in total. The van der Waals surface area contributed by atoms with Crippen LogP contribution >= 0.6 is 0 Å². The Morgan fingerprint density at radius 2 is 1.82 bits per heavy atom. The Morgan fingerprint density at radius 3 is 2.46 bits per heavy atom. The van der Waals surface area contributed by atoms with Gasteiger partial charge in [0.25, 0.3) is 0 Å². The number of hydrogen-bond acceptors (Lipinski definition) is 5. The molecule has 0 bridgehead atoms. The lowest BCUT2D eigenvalue weighted by Crippen LogP contribution is -2.59. The number of nitriles is 1. The van der Waals surface area contributed by atoms with Crippen LogP contribution in [0.4, 0.5) is 18.9 Å². The van der Waals surface area contributed by atoms with Crippen molar-refractivity contribution in [1.82, 2.24) is 14.5 Å². The van der Waals surface area contributed by atoms with E-state index in [2.05, 4.69) is 15.8 Å². The maximum absolute atomic E-state index is 13.4. The summed E-state index contributed by atoms with van der Waals surface area (Å²) in [7, 11) is 0. The summed E-state index contributed by atoms with van der Waals surface area (Å²) in [4.78, 5) is 33.8. The minimum Gasteiger partial charge on any atom is -0.406 e. The van der Waals surface area contributed by atoms with Crippen molar-refractivity contribution < 1.29 is 27.5 Å². The van der Waals surface area contributed by atoms with Crippen molar-refractivity contribution in [3.8, 4) is 11.8 Å². The third-order valence-corrected chi connectivity index (χ3v) is 6.52. The first kappa shape index (κ1) is 27.7. The lowest BCUT2D eigenvalue weighted by Gasteiger charge is -2.41. The number of alkyl halides is 3. The van der Waals surface area contributed by atoms with Crippen molar-refractivity contribution in [3.63, 3.8) is 0 Å². The quantitative estimate of drug-likeness (QED) is 0.384. The number of rotatable bonds is 8. The van der Waals surface area contributed by atoms with Crippen molar-refractivity contribution in [2.45, 2.75) is 52.7 Å². The predicted octanol–water partition coefficient (Wildman–Crippen LogP) is 4.80. The van der Waals surface area contributed by atoms with Crippen molar-refractivity contribution in [2.24, 2.45) is 5.92 Å². The largest absolute Gasteiger partial charge is 0.573 e. The van der Waals surface area contributed by atoms with Crippen molar-refractivity contribution in [3.05, 3.63) is 77.4 Å². The highest BCUT2D eigenvalue weighted by molar-refractivity contribution is 6.41. The summed E-state index contributed by atoms with van der Waals surface area (Å²) in [5.41, 5.74) is 2.39. The molecule has 204 valence electrons. The summed E-state index contributed by atoms with van der Waals surface area (Å²) >= 11 is 0. The zero-order chi connectivity index (χ0) is 28.3. The Morgan fingerprint density at radius 1 is 1.10 bits per heavy atom. The Hall–Kier alpha value is -4.33. The Kier molecular flexibility index (Phi) is 7.95. The predicted molar refractivity (Wildman–Crippen MR) is 136 cm³/mol. The maximum atomic E-state index is 13.4. The Bertz CT molecular complexity index is 1390. The zero-order valence-electron chi connectivity index (χ0n) is 21.8. The Balaban J connectivity index is 1.60. The number of halogens is 3. The van der Waals surface area contributed by atoms with Gasteiger partial charge in [-0.05, 0) is 49.1 Å². The highest BCUT2D eigenvalue weighted by Crippen LogP contribution is 2.30. The first-order chi connectivity index (χ1) is 18.4. The van der Waals surface area contributed by atoms with Gasteiger partial charge in [-0.3, -0.25) is 9.59 Å². The second kappa shape index (κ2) is 11.2. The molecule has 1 aromatic heterocycles. The normalized spacial score (nSPS) is 16.1. The molecule has 2 amide bonds. The van der Waals surface area contributed by atoms with Crippen LogP contribution in [-0.4, -0.2) is 45.2 Å². The number of anilines is 1. The maximum Gasteiger partial charge on any atom is 0.573 e. The fourth-order valence-corrected chi connectivity index (χ4v) is 4.71. The van der Waals surface area contributed by atoms with Gasteiger partial charge in [-0.15, -0.1) is 13.2 Å². The lowest BCUT2D eigenvalue weighted by molar-refractivity contribution is -0.274. The van der Waals surface area contributed by atoms with Gasteiger partial charge in [0.05, 0.1) is 36.1 Å². The van der Waals surface area contributed by atoms with E-state index in [1.807, 2.05) is 37.5 Å². The van der Waals surface area contributed by atoms with Crippen LogP contribution in [0.25, 0.3) is 0 Å². The van der Waals surface area contributed by atoms with Crippen LogP contribution in [-0.2, 0) is 22.7 Å². The molecule has 1 aliphatic heterocycles. The van der Waals surface area contributed by atoms with Crippen LogP contribution < -0.4 is 9.64 Å². The average Bonchev–Trinajstić information content (AvgIpc) is 3.21. The molecule has 3 aromatic rings. The molecule has 2 aromatic carbocycles. The standard InChI is InChI=1S/C28H28F3N5O3/c1-18(2)11-23-16-35(22-5-4-6-25(12-22)39-28(29,30)31)26(37)27(38)36(23)17-24-14-33-19(3)34(24)15-21-9-7-20(13-32)8-10-21/h4-10,12,14,18,23H,11,15-17H2,1-3H3/t23-/m0/s1. The number of carbonyl (C=O) groups is 2. The minimum absolute atomic E-state index is 0.126. The van der Waals surface area contributed by atoms with E-state index < -0.39 is 23.9 Å². The number of hydrogen-bond donors (Lipinski definition) is 0. The number of imidazole rings is 1. The summed E-state index contributed by atoms with van der Waals surface area (Å²) in [6.45, 7) is 6.58. The van der Waals surface area contributed by atoms with Gasteiger partial charge in [-0.25, -0.2) is 4.98 Å². The van der Waals surface area contributed by atoms with Crippen LogP contribution in [0.3, 0.4) is 0 Å². The summed E-state index contributed by atoms with van der Waals surface area (Å²) < 4.78 is 44.2. The first-order valence-corrected chi connectivity index (χ1v) is 12.4. The highest BCUT2D eigenvalue weighted by Gasteiger charge is 2.40. The van der Waals surface area contributed by atoms with Crippen LogP contribution in [0.5, 0.6) is 5.75 Å². The van der Waals surface area contributed by atoms with Crippen molar-refractivity contribution in [2.75, 3.05) is 11.4 Å². The third-order valence-electron chi connectivity index (χ3n) is 6.52. The summed E-state index contributed by atoms with van der Waals surface area (Å²) in [5.74, 6) is -1.11. The molecule has 4 rings (SSSR count). The van der Waals surface area contributed by atoms with Gasteiger partial charge in [0.2, 0.25) is 0 Å². The van der Waals surface area contributed by atoms with Crippen molar-refractivity contribution >= 4 is 17.5 Å². The molecular formula is C28H28F3N5O3. The number of amides is 2. The number of ether oxygens (including phenoxy) is 1. The molecule has 1 saturated heterocycles. The number of nitrogens with zero attached hydrogens (tertiary/aromatic N) is 5. The van der Waals surface area contributed by atoms with Crippen molar-refractivity contribution in [1.29, 1.82) is 5.26 Å². The molecule has 0 spiro atoms. The molecule has 0 radical (unpaired) electrons. The van der Waals surface area contributed by atoms with E-state index in [1.54, 1.807) is 18.3 Å². The lowest BCUT2D eigenvalue weighted by atomic mass is 9.98.